The molecule has 1 aliphatic rings. The van der Waals surface area contributed by atoms with Gasteiger partial charge >= 0.3 is 6.09 Å². The van der Waals surface area contributed by atoms with Crippen LogP contribution in [0.2, 0.25) is 0 Å². The highest BCUT2D eigenvalue weighted by atomic mass is 16.6. The van der Waals surface area contributed by atoms with Crippen molar-refractivity contribution >= 4 is 22.6 Å². The Hall–Kier alpha value is -3.05. The predicted molar refractivity (Wildman–Crippen MR) is 123 cm³/mol. The molecule has 0 bridgehead atoms. The number of amides is 1. The second kappa shape index (κ2) is 9.40. The molecule has 1 atom stereocenters. The van der Waals surface area contributed by atoms with Crippen molar-refractivity contribution in [2.24, 2.45) is 0 Å². The summed E-state index contributed by atoms with van der Waals surface area (Å²) < 4.78 is 11.7. The Morgan fingerprint density at radius 3 is 2.71 bits per heavy atom. The monoisotopic (exact) mass is 419 g/mol. The highest BCUT2D eigenvalue weighted by Gasteiger charge is 2.36. The first-order valence-corrected chi connectivity index (χ1v) is 10.9. The van der Waals surface area contributed by atoms with Crippen LogP contribution in [0, 0.1) is 6.92 Å². The van der Waals surface area contributed by atoms with Gasteiger partial charge in [-0.25, -0.2) is 4.79 Å². The average molecular weight is 420 g/mol. The number of aliphatic hydroxyl groups is 1. The zero-order valence-corrected chi connectivity index (χ0v) is 18.1. The Bertz CT molecular complexity index is 1060. The highest BCUT2D eigenvalue weighted by molar-refractivity contribution is 6.03. The first-order chi connectivity index (χ1) is 15.1. The summed E-state index contributed by atoms with van der Waals surface area (Å²) in [5, 5.41) is 12.1. The zero-order chi connectivity index (χ0) is 21.8. The fourth-order valence-electron chi connectivity index (χ4n) is 4.24. The fraction of sp³-hybridized carbons (Fsp3) is 0.346. The highest BCUT2D eigenvalue weighted by Crippen LogP contribution is 2.46. The summed E-state index contributed by atoms with van der Waals surface area (Å²) in [6, 6.07) is 18.1. The SMILES string of the molecule is CCCCOC(=O)N1C[C@@H](CO)c2c1cc(OCc1ccccc1)c1cccc(C)c21. The van der Waals surface area contributed by atoms with E-state index in [2.05, 4.69) is 19.9 Å². The zero-order valence-electron chi connectivity index (χ0n) is 18.1. The number of hydrogen-bond donors (Lipinski definition) is 1. The molecule has 1 N–H and O–H groups in total. The van der Waals surface area contributed by atoms with Crippen molar-refractivity contribution in [2.75, 3.05) is 24.7 Å². The number of unbranched alkanes of at least 4 members (excludes halogenated alkanes) is 1. The van der Waals surface area contributed by atoms with E-state index in [0.29, 0.717) is 19.8 Å². The lowest BCUT2D eigenvalue weighted by molar-refractivity contribution is 0.151. The Morgan fingerprint density at radius 2 is 1.97 bits per heavy atom. The molecular formula is C26H29NO4. The quantitative estimate of drug-likeness (QED) is 0.510. The average Bonchev–Trinajstić information content (AvgIpc) is 3.17. The summed E-state index contributed by atoms with van der Waals surface area (Å²) in [6.07, 6.45) is 1.43. The molecule has 162 valence electrons. The number of aryl methyl sites for hydroxylation is 1. The van der Waals surface area contributed by atoms with Crippen LogP contribution >= 0.6 is 0 Å². The van der Waals surface area contributed by atoms with Crippen LogP contribution in [0.3, 0.4) is 0 Å². The van der Waals surface area contributed by atoms with Crippen molar-refractivity contribution in [1.29, 1.82) is 0 Å². The molecule has 0 spiro atoms. The summed E-state index contributed by atoms with van der Waals surface area (Å²) in [7, 11) is 0. The van der Waals surface area contributed by atoms with Gasteiger partial charge in [0, 0.05) is 23.9 Å². The van der Waals surface area contributed by atoms with Crippen LogP contribution in [0.1, 0.15) is 42.4 Å². The van der Waals surface area contributed by atoms with E-state index in [1.54, 1.807) is 4.90 Å². The van der Waals surface area contributed by atoms with Gasteiger partial charge in [-0.05, 0) is 35.4 Å². The van der Waals surface area contributed by atoms with Gasteiger partial charge in [-0.1, -0.05) is 61.9 Å². The fourth-order valence-corrected chi connectivity index (χ4v) is 4.24. The van der Waals surface area contributed by atoms with Crippen LogP contribution in [0.4, 0.5) is 10.5 Å². The predicted octanol–water partition coefficient (Wildman–Crippen LogP) is 5.56. The van der Waals surface area contributed by atoms with E-state index in [1.807, 2.05) is 48.5 Å². The van der Waals surface area contributed by atoms with Crippen LogP contribution in [-0.4, -0.2) is 31.0 Å². The second-order valence-corrected chi connectivity index (χ2v) is 8.04. The topological polar surface area (TPSA) is 59.0 Å². The van der Waals surface area contributed by atoms with E-state index in [-0.39, 0.29) is 18.6 Å². The van der Waals surface area contributed by atoms with Gasteiger partial charge in [0.2, 0.25) is 0 Å². The lowest BCUT2D eigenvalue weighted by atomic mass is 9.92. The number of carbonyl (C=O) groups is 1. The largest absolute Gasteiger partial charge is 0.488 e. The minimum absolute atomic E-state index is 0.0284. The molecule has 0 fully saturated rings. The maximum atomic E-state index is 12.8. The number of fused-ring (bicyclic) bond motifs is 3. The Labute approximate surface area is 183 Å². The number of nitrogens with zero attached hydrogens (tertiary/aromatic N) is 1. The standard InChI is InChI=1S/C26H29NO4/c1-3-4-13-30-26(29)27-15-20(16-28)25-22(27)14-23(21-12-8-9-18(2)24(21)25)31-17-19-10-6-5-7-11-19/h5-12,14,20,28H,3-4,13,15-17H2,1-2H3/t20-/m0/s1. The number of anilines is 1. The van der Waals surface area contributed by atoms with E-state index >= 15 is 0 Å². The Morgan fingerprint density at radius 1 is 1.16 bits per heavy atom. The van der Waals surface area contributed by atoms with Crippen LogP contribution in [0.5, 0.6) is 5.75 Å². The summed E-state index contributed by atoms with van der Waals surface area (Å²) >= 11 is 0. The molecule has 0 unspecified atom stereocenters. The minimum Gasteiger partial charge on any atom is -0.488 e. The molecule has 3 aromatic carbocycles. The van der Waals surface area contributed by atoms with Gasteiger partial charge in [-0.3, -0.25) is 4.90 Å². The molecule has 1 aliphatic heterocycles. The Kier molecular flexibility index (Phi) is 6.42. The molecule has 0 saturated heterocycles. The lowest BCUT2D eigenvalue weighted by Gasteiger charge is -2.20. The summed E-state index contributed by atoms with van der Waals surface area (Å²) in [5.41, 5.74) is 3.94. The third kappa shape index (κ3) is 4.23. The molecule has 4 rings (SSSR count). The number of rotatable bonds is 7. The number of aliphatic hydroxyl groups excluding tert-OH is 1. The molecule has 1 heterocycles. The summed E-state index contributed by atoms with van der Waals surface area (Å²) in [4.78, 5) is 14.5. The normalized spacial score (nSPS) is 15.2. The molecule has 0 radical (unpaired) electrons. The molecule has 1 amide bonds. The number of ether oxygens (including phenoxy) is 2. The molecule has 0 aromatic heterocycles. The molecule has 5 nitrogen and oxygen atoms in total. The lowest BCUT2D eigenvalue weighted by Crippen LogP contribution is -2.31. The van der Waals surface area contributed by atoms with Gasteiger partial charge < -0.3 is 14.6 Å². The van der Waals surface area contributed by atoms with Gasteiger partial charge in [0.1, 0.15) is 12.4 Å². The molecule has 0 aliphatic carbocycles. The van der Waals surface area contributed by atoms with Gasteiger partial charge in [0.05, 0.1) is 18.9 Å². The van der Waals surface area contributed by atoms with Crippen molar-refractivity contribution in [3.8, 4) is 5.75 Å². The summed E-state index contributed by atoms with van der Waals surface area (Å²) in [6.45, 7) is 5.33. The molecule has 0 saturated carbocycles. The number of benzene rings is 3. The third-order valence-corrected chi connectivity index (χ3v) is 5.85. The van der Waals surface area contributed by atoms with E-state index in [4.69, 9.17) is 9.47 Å². The second-order valence-electron chi connectivity index (χ2n) is 8.04. The van der Waals surface area contributed by atoms with Crippen molar-refractivity contribution in [3.63, 3.8) is 0 Å². The number of carbonyl (C=O) groups excluding carboxylic acids is 1. The van der Waals surface area contributed by atoms with Crippen molar-refractivity contribution < 1.29 is 19.4 Å². The van der Waals surface area contributed by atoms with E-state index in [1.165, 1.54) is 0 Å². The van der Waals surface area contributed by atoms with E-state index < -0.39 is 0 Å². The van der Waals surface area contributed by atoms with Gasteiger partial charge in [-0.2, -0.15) is 0 Å². The molecule has 31 heavy (non-hydrogen) atoms. The van der Waals surface area contributed by atoms with Crippen LogP contribution in [-0.2, 0) is 11.3 Å². The van der Waals surface area contributed by atoms with Crippen LogP contribution < -0.4 is 9.64 Å². The first-order valence-electron chi connectivity index (χ1n) is 10.9. The Balaban J connectivity index is 1.76. The maximum absolute atomic E-state index is 12.8. The van der Waals surface area contributed by atoms with Crippen molar-refractivity contribution in [1.82, 2.24) is 0 Å². The first kappa shape index (κ1) is 21.2. The van der Waals surface area contributed by atoms with Gasteiger partial charge in [0.15, 0.2) is 0 Å². The van der Waals surface area contributed by atoms with Crippen molar-refractivity contribution in [3.05, 3.63) is 71.3 Å². The molecule has 5 heteroatoms. The van der Waals surface area contributed by atoms with Crippen LogP contribution in [0.15, 0.2) is 54.6 Å². The van der Waals surface area contributed by atoms with Gasteiger partial charge in [0.25, 0.3) is 0 Å². The maximum Gasteiger partial charge on any atom is 0.414 e. The minimum atomic E-state index is -0.368. The third-order valence-electron chi connectivity index (χ3n) is 5.85. The molecule has 3 aromatic rings. The van der Waals surface area contributed by atoms with Crippen molar-refractivity contribution in [2.45, 2.75) is 39.2 Å². The number of hydrogen-bond acceptors (Lipinski definition) is 4. The van der Waals surface area contributed by atoms with Crippen LogP contribution in [0.25, 0.3) is 10.8 Å². The summed E-state index contributed by atoms with van der Waals surface area (Å²) in [5.74, 6) is 0.576. The van der Waals surface area contributed by atoms with E-state index in [9.17, 15) is 9.90 Å². The van der Waals surface area contributed by atoms with Gasteiger partial charge in [-0.15, -0.1) is 0 Å². The smallest absolute Gasteiger partial charge is 0.414 e. The van der Waals surface area contributed by atoms with E-state index in [0.717, 1.165) is 51.7 Å². The molecular weight excluding hydrogens is 390 g/mol.